The topological polar surface area (TPSA) is 37.4 Å². The quantitative estimate of drug-likeness (QED) is 0.799. The highest BCUT2D eigenvalue weighted by Crippen LogP contribution is 2.35. The summed E-state index contributed by atoms with van der Waals surface area (Å²) in [6.07, 6.45) is 5.03. The van der Waals surface area contributed by atoms with Crippen molar-refractivity contribution in [2.45, 2.75) is 4.90 Å². The molecule has 1 heterocycles. The van der Waals surface area contributed by atoms with Crippen molar-refractivity contribution in [3.8, 4) is 12.3 Å². The normalized spacial score (nSPS) is 11.7. The molecule has 0 amide bonds. The van der Waals surface area contributed by atoms with Crippen LogP contribution in [0.1, 0.15) is 0 Å². The number of thiophene rings is 1. The van der Waals surface area contributed by atoms with E-state index in [4.69, 9.17) is 29.6 Å². The average molecular weight is 284 g/mol. The molecular formula is C8H7Cl2NO2S2. The third kappa shape index (κ3) is 2.65. The summed E-state index contributed by atoms with van der Waals surface area (Å²) < 4.78 is 25.2. The van der Waals surface area contributed by atoms with Crippen LogP contribution in [0, 0.1) is 12.3 Å². The molecule has 0 aromatic carbocycles. The van der Waals surface area contributed by atoms with Gasteiger partial charge in [0.2, 0.25) is 10.0 Å². The van der Waals surface area contributed by atoms with Gasteiger partial charge in [-0.2, -0.15) is 4.31 Å². The van der Waals surface area contributed by atoms with Gasteiger partial charge in [0, 0.05) is 7.05 Å². The van der Waals surface area contributed by atoms with E-state index in [-0.39, 0.29) is 15.8 Å². The number of halogens is 2. The molecule has 0 aliphatic rings. The first-order valence-corrected chi connectivity index (χ1v) is 6.75. The minimum Gasteiger partial charge on any atom is -0.207 e. The van der Waals surface area contributed by atoms with Gasteiger partial charge in [-0.05, 0) is 6.07 Å². The van der Waals surface area contributed by atoms with Gasteiger partial charge in [0.25, 0.3) is 0 Å². The van der Waals surface area contributed by atoms with Crippen LogP contribution < -0.4 is 0 Å². The van der Waals surface area contributed by atoms with Crippen LogP contribution in [0.5, 0.6) is 0 Å². The van der Waals surface area contributed by atoms with Gasteiger partial charge in [-0.25, -0.2) is 8.42 Å². The lowest BCUT2D eigenvalue weighted by atomic mass is 10.7. The summed E-state index contributed by atoms with van der Waals surface area (Å²) in [5, 5.41) is 0. The molecule has 0 bridgehead atoms. The van der Waals surface area contributed by atoms with Gasteiger partial charge in [0.15, 0.2) is 0 Å². The zero-order chi connectivity index (χ0) is 11.6. The number of nitrogens with zero attached hydrogens (tertiary/aromatic N) is 1. The number of hydrogen-bond acceptors (Lipinski definition) is 3. The van der Waals surface area contributed by atoms with Gasteiger partial charge in [-0.15, -0.1) is 17.8 Å². The molecule has 82 valence electrons. The van der Waals surface area contributed by atoms with Crippen molar-refractivity contribution in [1.82, 2.24) is 4.31 Å². The van der Waals surface area contributed by atoms with Crippen molar-refractivity contribution in [3.63, 3.8) is 0 Å². The van der Waals surface area contributed by atoms with E-state index in [2.05, 4.69) is 5.92 Å². The van der Waals surface area contributed by atoms with Crippen LogP contribution in [0.15, 0.2) is 11.0 Å². The van der Waals surface area contributed by atoms with Crippen molar-refractivity contribution in [2.24, 2.45) is 0 Å². The molecule has 1 rings (SSSR count). The van der Waals surface area contributed by atoms with Gasteiger partial charge >= 0.3 is 0 Å². The van der Waals surface area contributed by atoms with Crippen molar-refractivity contribution in [1.29, 1.82) is 0 Å². The summed E-state index contributed by atoms with van der Waals surface area (Å²) in [7, 11) is -2.24. The highest BCUT2D eigenvalue weighted by atomic mass is 35.5. The third-order valence-corrected chi connectivity index (χ3v) is 5.18. The fourth-order valence-corrected chi connectivity index (χ4v) is 4.08. The van der Waals surface area contributed by atoms with Crippen LogP contribution in [0.3, 0.4) is 0 Å². The van der Waals surface area contributed by atoms with Crippen LogP contribution in [-0.2, 0) is 10.0 Å². The lowest BCUT2D eigenvalue weighted by Gasteiger charge is -2.12. The lowest BCUT2D eigenvalue weighted by molar-refractivity contribution is 0.503. The smallest absolute Gasteiger partial charge is 0.207 e. The van der Waals surface area contributed by atoms with E-state index in [1.165, 1.54) is 13.1 Å². The molecule has 0 aliphatic carbocycles. The van der Waals surface area contributed by atoms with Crippen molar-refractivity contribution >= 4 is 44.6 Å². The maximum atomic E-state index is 11.9. The SMILES string of the molecule is C#CCN(C)S(=O)(=O)c1cc(Cl)sc1Cl. The zero-order valence-electron chi connectivity index (χ0n) is 7.70. The predicted molar refractivity (Wildman–Crippen MR) is 63.0 cm³/mol. The van der Waals surface area contributed by atoms with E-state index in [0.29, 0.717) is 4.34 Å². The van der Waals surface area contributed by atoms with Crippen LogP contribution in [0.4, 0.5) is 0 Å². The van der Waals surface area contributed by atoms with Crippen LogP contribution in [0.25, 0.3) is 0 Å². The molecular weight excluding hydrogens is 277 g/mol. The molecule has 0 saturated carbocycles. The first-order chi connectivity index (χ1) is 6.89. The van der Waals surface area contributed by atoms with Crippen molar-refractivity contribution < 1.29 is 8.42 Å². The largest absolute Gasteiger partial charge is 0.246 e. The molecule has 0 atom stereocenters. The second kappa shape index (κ2) is 4.73. The Bertz CT molecular complexity index is 501. The molecule has 0 aliphatic heterocycles. The second-order valence-corrected chi connectivity index (χ2v) is 6.95. The van der Waals surface area contributed by atoms with Crippen molar-refractivity contribution in [2.75, 3.05) is 13.6 Å². The van der Waals surface area contributed by atoms with Gasteiger partial charge in [0.05, 0.1) is 10.9 Å². The Morgan fingerprint density at radius 1 is 1.60 bits per heavy atom. The summed E-state index contributed by atoms with van der Waals surface area (Å²) in [6, 6.07) is 1.32. The highest BCUT2D eigenvalue weighted by Gasteiger charge is 2.25. The zero-order valence-corrected chi connectivity index (χ0v) is 10.8. The molecule has 0 spiro atoms. The molecule has 0 radical (unpaired) electrons. The summed E-state index contributed by atoms with van der Waals surface area (Å²) in [4.78, 5) is -0.00285. The third-order valence-electron chi connectivity index (χ3n) is 1.63. The Morgan fingerprint density at radius 3 is 2.60 bits per heavy atom. The molecule has 7 heteroatoms. The highest BCUT2D eigenvalue weighted by molar-refractivity contribution is 7.89. The molecule has 0 saturated heterocycles. The minimum absolute atomic E-state index is 0.00285. The Kier molecular flexibility index (Phi) is 4.04. The summed E-state index contributed by atoms with van der Waals surface area (Å²) in [5.74, 6) is 2.24. The summed E-state index contributed by atoms with van der Waals surface area (Å²) in [6.45, 7) is -0.00781. The van der Waals surface area contributed by atoms with Crippen LogP contribution in [0.2, 0.25) is 8.67 Å². The van der Waals surface area contributed by atoms with E-state index >= 15 is 0 Å². The first kappa shape index (κ1) is 12.8. The maximum Gasteiger partial charge on any atom is 0.246 e. The number of rotatable bonds is 3. The fraction of sp³-hybridized carbons (Fsp3) is 0.250. The van der Waals surface area contributed by atoms with E-state index in [1.807, 2.05) is 0 Å². The van der Waals surface area contributed by atoms with E-state index < -0.39 is 10.0 Å². The molecule has 1 aromatic heterocycles. The molecule has 0 unspecified atom stereocenters. The number of terminal acetylenes is 1. The Hall–Kier alpha value is -0.250. The Morgan fingerprint density at radius 2 is 2.20 bits per heavy atom. The molecule has 3 nitrogen and oxygen atoms in total. The Labute approximate surface area is 103 Å². The number of hydrogen-bond donors (Lipinski definition) is 0. The summed E-state index contributed by atoms with van der Waals surface area (Å²) >= 11 is 12.4. The van der Waals surface area contributed by atoms with Gasteiger partial charge in [-0.3, -0.25) is 0 Å². The molecule has 1 aromatic rings. The van der Waals surface area contributed by atoms with Gasteiger partial charge in [-0.1, -0.05) is 29.1 Å². The predicted octanol–water partition coefficient (Wildman–Crippen LogP) is 2.31. The van der Waals surface area contributed by atoms with Crippen molar-refractivity contribution in [3.05, 3.63) is 14.7 Å². The molecule has 0 fully saturated rings. The van der Waals surface area contributed by atoms with E-state index in [1.54, 1.807) is 0 Å². The Balaban J connectivity index is 3.18. The standard InChI is InChI=1S/C8H7Cl2NO2S2/c1-3-4-11(2)15(12,13)6-5-7(9)14-8(6)10/h1,5H,4H2,2H3. The van der Waals surface area contributed by atoms with E-state index in [9.17, 15) is 8.42 Å². The molecule has 15 heavy (non-hydrogen) atoms. The molecule has 0 N–H and O–H groups in total. The van der Waals surface area contributed by atoms with Crippen LogP contribution in [-0.4, -0.2) is 26.3 Å². The average Bonchev–Trinajstić information content (AvgIpc) is 2.46. The van der Waals surface area contributed by atoms with Gasteiger partial charge in [0.1, 0.15) is 9.23 Å². The number of sulfonamides is 1. The summed E-state index contributed by atoms with van der Waals surface area (Å²) in [5.41, 5.74) is 0. The van der Waals surface area contributed by atoms with Gasteiger partial charge < -0.3 is 0 Å². The van der Waals surface area contributed by atoms with E-state index in [0.717, 1.165) is 15.6 Å². The lowest BCUT2D eigenvalue weighted by Crippen LogP contribution is -2.27. The fourth-order valence-electron chi connectivity index (χ4n) is 0.882. The minimum atomic E-state index is -3.63. The maximum absolute atomic E-state index is 11.9. The second-order valence-electron chi connectivity index (χ2n) is 2.65. The van der Waals surface area contributed by atoms with Crippen LogP contribution >= 0.6 is 34.5 Å². The first-order valence-electron chi connectivity index (χ1n) is 3.74. The monoisotopic (exact) mass is 283 g/mol.